The Balaban J connectivity index is 2.66. The lowest BCUT2D eigenvalue weighted by Gasteiger charge is -2.14. The molecule has 3 N–H and O–H groups in total. The summed E-state index contributed by atoms with van der Waals surface area (Å²) in [5.41, 5.74) is 6.61. The Bertz CT molecular complexity index is 295. The highest BCUT2D eigenvalue weighted by atomic mass is 16.2. The number of hydrogen-bond acceptors (Lipinski definition) is 2. The van der Waals surface area contributed by atoms with Crippen molar-refractivity contribution >= 4 is 5.91 Å². The van der Waals surface area contributed by atoms with E-state index in [1.54, 1.807) is 0 Å². The number of rotatable bonds is 3. The molecule has 0 fully saturated rings. The molecule has 1 atom stereocenters. The van der Waals surface area contributed by atoms with E-state index in [4.69, 9.17) is 5.73 Å². The van der Waals surface area contributed by atoms with Crippen LogP contribution in [-0.4, -0.2) is 11.9 Å². The number of hydrogen-bond donors (Lipinski definition) is 2. The van der Waals surface area contributed by atoms with Crippen molar-refractivity contribution < 1.29 is 4.79 Å². The van der Waals surface area contributed by atoms with Gasteiger partial charge in [0, 0.05) is 6.04 Å². The Morgan fingerprint density at radius 1 is 1.29 bits per heavy atom. The van der Waals surface area contributed by atoms with Crippen molar-refractivity contribution in [1.29, 1.82) is 0 Å². The lowest BCUT2D eigenvalue weighted by Crippen LogP contribution is -2.38. The highest BCUT2D eigenvalue weighted by Gasteiger charge is 2.15. The highest BCUT2D eigenvalue weighted by molar-refractivity contribution is 5.83. The number of carbonyl (C=O) groups is 1. The average molecular weight is 192 g/mol. The predicted molar refractivity (Wildman–Crippen MR) is 56.6 cm³/mol. The minimum atomic E-state index is -0.571. The molecule has 0 saturated carbocycles. The molecule has 0 unspecified atom stereocenters. The number of nitrogens with one attached hydrogen (secondary N) is 1. The van der Waals surface area contributed by atoms with Crippen molar-refractivity contribution in [3.63, 3.8) is 0 Å². The third kappa shape index (κ3) is 2.85. The molecular formula is C11H16N2O. The van der Waals surface area contributed by atoms with Crippen molar-refractivity contribution in [2.24, 2.45) is 5.73 Å². The van der Waals surface area contributed by atoms with E-state index in [1.165, 1.54) is 0 Å². The quantitative estimate of drug-likeness (QED) is 0.756. The van der Waals surface area contributed by atoms with Crippen molar-refractivity contribution in [1.82, 2.24) is 5.32 Å². The summed E-state index contributed by atoms with van der Waals surface area (Å²) in [7, 11) is 0. The first-order valence-corrected chi connectivity index (χ1v) is 4.72. The van der Waals surface area contributed by atoms with Gasteiger partial charge in [0.15, 0.2) is 0 Å². The Labute approximate surface area is 84.3 Å². The predicted octanol–water partition coefficient (Wildman–Crippen LogP) is 1.21. The standard InChI is InChI=1S/C11H16N2O/c1-8(2)13-11(14)10(12)9-6-4-3-5-7-9/h3-8,10H,12H2,1-2H3,(H,13,14)/t10-/m0/s1. The molecule has 1 amide bonds. The first kappa shape index (κ1) is 10.7. The highest BCUT2D eigenvalue weighted by Crippen LogP contribution is 2.09. The molecule has 0 aromatic heterocycles. The van der Waals surface area contributed by atoms with Crippen LogP contribution >= 0.6 is 0 Å². The summed E-state index contributed by atoms with van der Waals surface area (Å²) in [4.78, 5) is 11.5. The molecule has 3 nitrogen and oxygen atoms in total. The summed E-state index contributed by atoms with van der Waals surface area (Å²) in [6, 6.07) is 8.90. The molecule has 0 aliphatic rings. The van der Waals surface area contributed by atoms with Gasteiger partial charge in [-0.3, -0.25) is 4.79 Å². The molecule has 1 aromatic carbocycles. The first-order chi connectivity index (χ1) is 6.61. The number of carbonyl (C=O) groups excluding carboxylic acids is 1. The second kappa shape index (κ2) is 4.77. The maximum absolute atomic E-state index is 11.5. The van der Waals surface area contributed by atoms with Gasteiger partial charge >= 0.3 is 0 Å². The van der Waals surface area contributed by atoms with Crippen LogP contribution in [0.3, 0.4) is 0 Å². The van der Waals surface area contributed by atoms with E-state index >= 15 is 0 Å². The fraction of sp³-hybridized carbons (Fsp3) is 0.364. The van der Waals surface area contributed by atoms with Crippen LogP contribution < -0.4 is 11.1 Å². The first-order valence-electron chi connectivity index (χ1n) is 4.72. The van der Waals surface area contributed by atoms with Gasteiger partial charge < -0.3 is 11.1 Å². The van der Waals surface area contributed by atoms with Crippen molar-refractivity contribution in [3.8, 4) is 0 Å². The molecule has 0 heterocycles. The SMILES string of the molecule is CC(C)NC(=O)[C@@H](N)c1ccccc1. The van der Waals surface area contributed by atoms with Gasteiger partial charge in [-0.05, 0) is 19.4 Å². The van der Waals surface area contributed by atoms with Crippen LogP contribution in [0.15, 0.2) is 30.3 Å². The third-order valence-corrected chi connectivity index (χ3v) is 1.87. The van der Waals surface area contributed by atoms with Gasteiger partial charge in [0.1, 0.15) is 6.04 Å². The molecule has 14 heavy (non-hydrogen) atoms. The molecule has 0 bridgehead atoms. The summed E-state index contributed by atoms with van der Waals surface area (Å²) in [5.74, 6) is -0.133. The zero-order valence-corrected chi connectivity index (χ0v) is 8.53. The summed E-state index contributed by atoms with van der Waals surface area (Å²) < 4.78 is 0. The average Bonchev–Trinajstić information content (AvgIpc) is 2.17. The van der Waals surface area contributed by atoms with Crippen LogP contribution in [0.4, 0.5) is 0 Å². The molecule has 0 spiro atoms. The van der Waals surface area contributed by atoms with Crippen molar-refractivity contribution in [2.75, 3.05) is 0 Å². The van der Waals surface area contributed by atoms with Gasteiger partial charge in [0.25, 0.3) is 0 Å². The Hall–Kier alpha value is -1.35. The minimum absolute atomic E-state index is 0.122. The molecule has 0 radical (unpaired) electrons. The molecular weight excluding hydrogens is 176 g/mol. The van der Waals surface area contributed by atoms with Crippen LogP contribution in [0.2, 0.25) is 0 Å². The van der Waals surface area contributed by atoms with Crippen LogP contribution in [0.25, 0.3) is 0 Å². The van der Waals surface area contributed by atoms with E-state index < -0.39 is 6.04 Å². The van der Waals surface area contributed by atoms with Crippen LogP contribution in [0, 0.1) is 0 Å². The van der Waals surface area contributed by atoms with E-state index in [1.807, 2.05) is 44.2 Å². The van der Waals surface area contributed by atoms with Crippen molar-refractivity contribution in [3.05, 3.63) is 35.9 Å². The van der Waals surface area contributed by atoms with Gasteiger partial charge in [-0.1, -0.05) is 30.3 Å². The molecule has 0 aliphatic carbocycles. The number of benzene rings is 1. The fourth-order valence-electron chi connectivity index (χ4n) is 1.19. The molecule has 1 rings (SSSR count). The number of amides is 1. The second-order valence-electron chi connectivity index (χ2n) is 3.55. The van der Waals surface area contributed by atoms with Crippen LogP contribution in [0.5, 0.6) is 0 Å². The van der Waals surface area contributed by atoms with E-state index in [0.29, 0.717) is 0 Å². The molecule has 1 aromatic rings. The zero-order valence-electron chi connectivity index (χ0n) is 8.53. The fourth-order valence-corrected chi connectivity index (χ4v) is 1.19. The Morgan fingerprint density at radius 3 is 2.36 bits per heavy atom. The monoisotopic (exact) mass is 192 g/mol. The summed E-state index contributed by atoms with van der Waals surface area (Å²) in [6.07, 6.45) is 0. The van der Waals surface area contributed by atoms with E-state index in [-0.39, 0.29) is 11.9 Å². The molecule has 3 heteroatoms. The Morgan fingerprint density at radius 2 is 1.86 bits per heavy atom. The van der Waals surface area contributed by atoms with Gasteiger partial charge in [-0.25, -0.2) is 0 Å². The van der Waals surface area contributed by atoms with Gasteiger partial charge in [0.2, 0.25) is 5.91 Å². The lowest BCUT2D eigenvalue weighted by molar-refractivity contribution is -0.122. The normalized spacial score (nSPS) is 12.6. The van der Waals surface area contributed by atoms with E-state index in [2.05, 4.69) is 5.32 Å². The number of nitrogens with two attached hydrogens (primary N) is 1. The second-order valence-corrected chi connectivity index (χ2v) is 3.55. The summed E-state index contributed by atoms with van der Waals surface area (Å²) in [6.45, 7) is 3.82. The zero-order chi connectivity index (χ0) is 10.6. The third-order valence-electron chi connectivity index (χ3n) is 1.87. The topological polar surface area (TPSA) is 55.1 Å². The summed E-state index contributed by atoms with van der Waals surface area (Å²) >= 11 is 0. The van der Waals surface area contributed by atoms with Crippen molar-refractivity contribution in [2.45, 2.75) is 25.9 Å². The van der Waals surface area contributed by atoms with Gasteiger partial charge in [-0.2, -0.15) is 0 Å². The largest absolute Gasteiger partial charge is 0.352 e. The summed E-state index contributed by atoms with van der Waals surface area (Å²) in [5, 5.41) is 2.78. The molecule has 0 saturated heterocycles. The molecule has 0 aliphatic heterocycles. The minimum Gasteiger partial charge on any atom is -0.352 e. The van der Waals surface area contributed by atoms with E-state index in [9.17, 15) is 4.79 Å². The Kier molecular flexibility index (Phi) is 3.65. The van der Waals surface area contributed by atoms with Gasteiger partial charge in [0.05, 0.1) is 0 Å². The van der Waals surface area contributed by atoms with E-state index in [0.717, 1.165) is 5.56 Å². The van der Waals surface area contributed by atoms with Crippen LogP contribution in [0.1, 0.15) is 25.5 Å². The maximum Gasteiger partial charge on any atom is 0.241 e. The maximum atomic E-state index is 11.5. The smallest absolute Gasteiger partial charge is 0.241 e. The molecule has 76 valence electrons. The van der Waals surface area contributed by atoms with Gasteiger partial charge in [-0.15, -0.1) is 0 Å². The lowest BCUT2D eigenvalue weighted by atomic mass is 10.1. The van der Waals surface area contributed by atoms with Crippen LogP contribution in [-0.2, 0) is 4.79 Å².